The number of carbonyl (C=O) groups is 1. The van der Waals surface area contributed by atoms with Gasteiger partial charge in [-0.1, -0.05) is 24.3 Å². The SMILES string of the molecule is CCOP(=O)(OCC)c1ccccc1OC(=O)CN(CC1CC=CCC1)CC1CCCO1. The Morgan fingerprint density at radius 2 is 1.91 bits per heavy atom. The molecule has 0 aromatic heterocycles. The van der Waals surface area contributed by atoms with Crippen molar-refractivity contribution in [2.24, 2.45) is 5.92 Å². The van der Waals surface area contributed by atoms with Crippen LogP contribution in [0.2, 0.25) is 0 Å². The van der Waals surface area contributed by atoms with Crippen LogP contribution >= 0.6 is 7.60 Å². The summed E-state index contributed by atoms with van der Waals surface area (Å²) >= 11 is 0. The van der Waals surface area contributed by atoms with Gasteiger partial charge in [0, 0.05) is 19.7 Å². The topological polar surface area (TPSA) is 74.3 Å². The summed E-state index contributed by atoms with van der Waals surface area (Å²) in [4.78, 5) is 15.1. The predicted octanol–water partition coefficient (Wildman–Crippen LogP) is 4.32. The number of carbonyl (C=O) groups excluding carboxylic acids is 1. The van der Waals surface area contributed by atoms with Crippen LogP contribution in [0.5, 0.6) is 5.75 Å². The Kier molecular flexibility index (Phi) is 9.94. The van der Waals surface area contributed by atoms with Crippen LogP contribution in [0.3, 0.4) is 0 Å². The maximum Gasteiger partial charge on any atom is 0.365 e. The Morgan fingerprint density at radius 3 is 2.56 bits per heavy atom. The molecule has 2 aliphatic rings. The number of rotatable bonds is 12. The molecule has 1 saturated heterocycles. The highest BCUT2D eigenvalue weighted by Crippen LogP contribution is 2.49. The first kappa shape index (κ1) is 25.1. The number of nitrogens with zero attached hydrogens (tertiary/aromatic N) is 1. The van der Waals surface area contributed by atoms with Gasteiger partial charge < -0.3 is 18.5 Å². The van der Waals surface area contributed by atoms with Crippen molar-refractivity contribution < 1.29 is 27.9 Å². The van der Waals surface area contributed by atoms with Gasteiger partial charge in [0.15, 0.2) is 0 Å². The van der Waals surface area contributed by atoms with Crippen molar-refractivity contribution in [3.05, 3.63) is 36.4 Å². The van der Waals surface area contributed by atoms with Crippen LogP contribution in [0.15, 0.2) is 36.4 Å². The average Bonchev–Trinajstić information content (AvgIpc) is 3.28. The lowest BCUT2D eigenvalue weighted by Crippen LogP contribution is -2.41. The minimum atomic E-state index is -3.57. The van der Waals surface area contributed by atoms with Gasteiger partial charge in [-0.15, -0.1) is 0 Å². The van der Waals surface area contributed by atoms with Gasteiger partial charge in [-0.25, -0.2) is 0 Å². The third-order valence-corrected chi connectivity index (χ3v) is 7.87. The number of benzene rings is 1. The van der Waals surface area contributed by atoms with Gasteiger partial charge >= 0.3 is 13.6 Å². The van der Waals surface area contributed by atoms with Gasteiger partial charge in [-0.2, -0.15) is 0 Å². The molecule has 1 aliphatic carbocycles. The summed E-state index contributed by atoms with van der Waals surface area (Å²) in [6, 6.07) is 6.74. The number of para-hydroxylation sites is 1. The first-order chi connectivity index (χ1) is 15.5. The normalized spacial score (nSPS) is 21.2. The van der Waals surface area contributed by atoms with E-state index < -0.39 is 7.60 Å². The minimum Gasteiger partial charge on any atom is -0.425 e. The molecule has 1 aromatic carbocycles. The summed E-state index contributed by atoms with van der Waals surface area (Å²) in [6.45, 7) is 6.45. The lowest BCUT2D eigenvalue weighted by atomic mass is 9.94. The molecular formula is C24H36NO6P. The molecule has 0 bridgehead atoms. The lowest BCUT2D eigenvalue weighted by Gasteiger charge is -2.29. The molecule has 0 spiro atoms. The zero-order valence-electron chi connectivity index (χ0n) is 19.2. The molecule has 1 fully saturated rings. The number of hydrogen-bond donors (Lipinski definition) is 0. The van der Waals surface area contributed by atoms with Gasteiger partial charge in [-0.3, -0.25) is 14.3 Å². The quantitative estimate of drug-likeness (QED) is 0.197. The molecule has 2 unspecified atom stereocenters. The van der Waals surface area contributed by atoms with E-state index in [2.05, 4.69) is 17.1 Å². The maximum absolute atomic E-state index is 13.3. The Labute approximate surface area is 191 Å². The molecule has 1 heterocycles. The Hall–Kier alpha value is -1.50. The fourth-order valence-electron chi connectivity index (χ4n) is 4.29. The van der Waals surface area contributed by atoms with E-state index in [9.17, 15) is 9.36 Å². The highest BCUT2D eigenvalue weighted by molar-refractivity contribution is 7.62. The molecule has 178 valence electrons. The van der Waals surface area contributed by atoms with E-state index in [1.807, 2.05) is 0 Å². The van der Waals surface area contributed by atoms with Crippen LogP contribution in [0, 0.1) is 5.92 Å². The Morgan fingerprint density at radius 1 is 1.12 bits per heavy atom. The second-order valence-corrected chi connectivity index (χ2v) is 10.2. The Balaban J connectivity index is 1.69. The highest BCUT2D eigenvalue weighted by atomic mass is 31.2. The fraction of sp³-hybridized carbons (Fsp3) is 0.625. The first-order valence-corrected chi connectivity index (χ1v) is 13.3. The number of allylic oxidation sites excluding steroid dienone is 2. The number of hydrogen-bond acceptors (Lipinski definition) is 7. The van der Waals surface area contributed by atoms with E-state index in [0.717, 1.165) is 45.3 Å². The number of esters is 1. The lowest BCUT2D eigenvalue weighted by molar-refractivity contribution is -0.136. The smallest absolute Gasteiger partial charge is 0.365 e. The molecule has 1 aliphatic heterocycles. The third kappa shape index (κ3) is 7.26. The fourth-order valence-corrected chi connectivity index (χ4v) is 5.98. The molecule has 0 saturated carbocycles. The highest BCUT2D eigenvalue weighted by Gasteiger charge is 2.31. The molecule has 0 radical (unpaired) electrons. The van der Waals surface area contributed by atoms with Gasteiger partial charge in [0.2, 0.25) is 0 Å². The van der Waals surface area contributed by atoms with Gasteiger partial charge in [0.05, 0.1) is 25.9 Å². The monoisotopic (exact) mass is 465 g/mol. The van der Waals surface area contributed by atoms with Crippen molar-refractivity contribution in [2.45, 2.75) is 52.1 Å². The first-order valence-electron chi connectivity index (χ1n) is 11.7. The van der Waals surface area contributed by atoms with E-state index in [-0.39, 0.29) is 42.9 Å². The van der Waals surface area contributed by atoms with Crippen LogP contribution in [0.1, 0.15) is 46.0 Å². The molecule has 1 aromatic rings. The largest absolute Gasteiger partial charge is 0.425 e. The zero-order valence-corrected chi connectivity index (χ0v) is 20.1. The van der Waals surface area contributed by atoms with Gasteiger partial charge in [-0.05, 0) is 64.0 Å². The number of ether oxygens (including phenoxy) is 2. The Bertz CT molecular complexity index is 797. The molecule has 0 amide bonds. The summed E-state index contributed by atoms with van der Waals surface area (Å²) in [7, 11) is -3.57. The second kappa shape index (κ2) is 12.7. The van der Waals surface area contributed by atoms with E-state index >= 15 is 0 Å². The molecule has 2 atom stereocenters. The van der Waals surface area contributed by atoms with Crippen molar-refractivity contribution in [3.63, 3.8) is 0 Å². The average molecular weight is 466 g/mol. The zero-order chi connectivity index (χ0) is 22.8. The van der Waals surface area contributed by atoms with Gasteiger partial charge in [0.25, 0.3) is 0 Å². The standard InChI is InChI=1S/C24H36NO6P/c1-3-29-32(27,30-4-2)23-15-9-8-14-22(23)31-24(26)19-25(18-21-13-10-16-28-21)17-20-11-6-5-7-12-20/h5-6,8-9,14-15,20-21H,3-4,7,10-13,16-19H2,1-2H3. The minimum absolute atomic E-state index is 0.155. The molecule has 8 heteroatoms. The van der Waals surface area contributed by atoms with Crippen LogP contribution in [-0.4, -0.2) is 56.4 Å². The van der Waals surface area contributed by atoms with Crippen molar-refractivity contribution in [1.29, 1.82) is 0 Å². The molecule has 3 rings (SSSR count). The summed E-state index contributed by atoms with van der Waals surface area (Å²) in [5.74, 6) is 0.361. The van der Waals surface area contributed by atoms with Crippen molar-refractivity contribution in [1.82, 2.24) is 4.90 Å². The van der Waals surface area contributed by atoms with Crippen LogP contribution in [-0.2, 0) is 23.1 Å². The third-order valence-electron chi connectivity index (χ3n) is 5.71. The maximum atomic E-state index is 13.3. The predicted molar refractivity (Wildman–Crippen MR) is 124 cm³/mol. The summed E-state index contributed by atoms with van der Waals surface area (Å²) in [5, 5.41) is 0.278. The summed E-state index contributed by atoms with van der Waals surface area (Å²) in [6.07, 6.45) is 9.93. The van der Waals surface area contributed by atoms with E-state index in [1.54, 1.807) is 38.1 Å². The molecular weight excluding hydrogens is 429 g/mol. The van der Waals surface area contributed by atoms with Gasteiger partial charge in [0.1, 0.15) is 11.1 Å². The van der Waals surface area contributed by atoms with Crippen molar-refractivity contribution >= 4 is 18.9 Å². The second-order valence-electron chi connectivity index (χ2n) is 8.25. The van der Waals surface area contributed by atoms with Crippen LogP contribution in [0.4, 0.5) is 0 Å². The summed E-state index contributed by atoms with van der Waals surface area (Å²) < 4.78 is 35.7. The van der Waals surface area contributed by atoms with E-state index in [1.165, 1.54) is 0 Å². The van der Waals surface area contributed by atoms with E-state index in [4.69, 9.17) is 18.5 Å². The molecule has 0 N–H and O–H groups in total. The summed E-state index contributed by atoms with van der Waals surface area (Å²) in [5.41, 5.74) is 0. The van der Waals surface area contributed by atoms with E-state index in [0.29, 0.717) is 12.5 Å². The van der Waals surface area contributed by atoms with Crippen LogP contribution < -0.4 is 10.0 Å². The molecule has 32 heavy (non-hydrogen) atoms. The van der Waals surface area contributed by atoms with Crippen LogP contribution in [0.25, 0.3) is 0 Å². The van der Waals surface area contributed by atoms with Crippen molar-refractivity contribution in [2.75, 3.05) is 39.5 Å². The molecule has 7 nitrogen and oxygen atoms in total. The van der Waals surface area contributed by atoms with Crippen molar-refractivity contribution in [3.8, 4) is 5.75 Å².